The van der Waals surface area contributed by atoms with Crippen LogP contribution in [-0.2, 0) is 65.4 Å². The van der Waals surface area contributed by atoms with Crippen molar-refractivity contribution in [3.05, 3.63) is 0 Å². The number of rotatable bonds is 59. The van der Waals surface area contributed by atoms with Gasteiger partial charge in [-0.15, -0.1) is 0 Å². The number of esters is 4. The standard InChI is InChI=1S/C60H116O17P2/c1-7-9-11-13-15-17-26-32-38-44-59(64)76-55(48-70-57(62)42-36-30-22-14-12-10-8-2)50-74-78(66,67)72-46-54(61)47-73-79(68,69)75-51-56(49-71-58(63)43-37-31-25-21-20-24-29-35-41-53(5)6)77-60(65)45-39-33-27-19-16-18-23-28-34-40-52(3)4/h52-56,61H,7-51H2,1-6H3,(H,66,67)(H,68,69)/t54-,55+,56+/m0/s1. The quantitative estimate of drug-likeness (QED) is 0.0222. The fourth-order valence-electron chi connectivity index (χ4n) is 8.82. The van der Waals surface area contributed by atoms with Crippen LogP contribution in [0.25, 0.3) is 0 Å². The highest BCUT2D eigenvalue weighted by atomic mass is 31.2. The Morgan fingerprint density at radius 3 is 0.861 bits per heavy atom. The molecule has 17 nitrogen and oxygen atoms in total. The van der Waals surface area contributed by atoms with Gasteiger partial charge in [0, 0.05) is 25.7 Å². The number of phosphoric acid groups is 2. The molecular weight excluding hydrogens is 1050 g/mol. The summed E-state index contributed by atoms with van der Waals surface area (Å²) in [5.41, 5.74) is 0. The molecule has 5 atom stereocenters. The van der Waals surface area contributed by atoms with E-state index in [9.17, 15) is 43.2 Å². The molecule has 0 spiro atoms. The van der Waals surface area contributed by atoms with Crippen LogP contribution < -0.4 is 0 Å². The van der Waals surface area contributed by atoms with Crippen molar-refractivity contribution in [3.8, 4) is 0 Å². The van der Waals surface area contributed by atoms with E-state index < -0.39 is 97.5 Å². The summed E-state index contributed by atoms with van der Waals surface area (Å²) in [6, 6.07) is 0. The van der Waals surface area contributed by atoms with Gasteiger partial charge in [-0.25, -0.2) is 9.13 Å². The Bertz CT molecular complexity index is 1560. The molecule has 0 aromatic rings. The summed E-state index contributed by atoms with van der Waals surface area (Å²) in [6.07, 6.45) is 33.6. The molecule has 0 heterocycles. The molecule has 0 aliphatic heterocycles. The average Bonchev–Trinajstić information content (AvgIpc) is 3.40. The number of aliphatic hydroxyl groups is 1. The highest BCUT2D eigenvalue weighted by Gasteiger charge is 2.30. The molecule has 79 heavy (non-hydrogen) atoms. The maximum Gasteiger partial charge on any atom is 0.472 e. The lowest BCUT2D eigenvalue weighted by Crippen LogP contribution is -2.30. The van der Waals surface area contributed by atoms with E-state index in [0.29, 0.717) is 25.7 Å². The monoisotopic (exact) mass is 1170 g/mol. The largest absolute Gasteiger partial charge is 0.472 e. The van der Waals surface area contributed by atoms with E-state index in [0.717, 1.165) is 115 Å². The predicted octanol–water partition coefficient (Wildman–Crippen LogP) is 16.1. The summed E-state index contributed by atoms with van der Waals surface area (Å²) in [5.74, 6) is -0.683. The number of carbonyl (C=O) groups is 4. The molecule has 0 aromatic carbocycles. The van der Waals surface area contributed by atoms with Crippen molar-refractivity contribution in [2.24, 2.45) is 11.8 Å². The first kappa shape index (κ1) is 77.1. The first-order chi connectivity index (χ1) is 37.9. The minimum absolute atomic E-state index is 0.104. The number of aliphatic hydroxyl groups excluding tert-OH is 1. The molecule has 468 valence electrons. The Morgan fingerprint density at radius 2 is 0.582 bits per heavy atom. The Morgan fingerprint density at radius 1 is 0.342 bits per heavy atom. The number of unbranched alkanes of at least 4 members (excludes halogenated alkanes) is 29. The van der Waals surface area contributed by atoms with Crippen LogP contribution in [0.4, 0.5) is 0 Å². The third kappa shape index (κ3) is 55.0. The minimum atomic E-state index is -4.94. The van der Waals surface area contributed by atoms with E-state index >= 15 is 0 Å². The zero-order valence-electron chi connectivity index (χ0n) is 50.7. The maximum absolute atomic E-state index is 12.9. The van der Waals surface area contributed by atoms with Crippen molar-refractivity contribution >= 4 is 39.5 Å². The van der Waals surface area contributed by atoms with Crippen molar-refractivity contribution in [1.29, 1.82) is 0 Å². The summed E-state index contributed by atoms with van der Waals surface area (Å²) in [5, 5.41) is 10.5. The van der Waals surface area contributed by atoms with Gasteiger partial charge < -0.3 is 33.8 Å². The van der Waals surface area contributed by atoms with Crippen molar-refractivity contribution in [2.45, 2.75) is 310 Å². The van der Waals surface area contributed by atoms with Gasteiger partial charge in [-0.1, -0.05) is 241 Å². The van der Waals surface area contributed by atoms with Gasteiger partial charge in [0.1, 0.15) is 19.3 Å². The molecular formula is C60H116O17P2. The molecule has 0 rings (SSSR count). The van der Waals surface area contributed by atoms with Crippen molar-refractivity contribution in [1.82, 2.24) is 0 Å². The fourth-order valence-corrected chi connectivity index (χ4v) is 10.4. The van der Waals surface area contributed by atoms with Gasteiger partial charge in [-0.2, -0.15) is 0 Å². The van der Waals surface area contributed by atoms with E-state index in [1.165, 1.54) is 96.3 Å². The summed E-state index contributed by atoms with van der Waals surface area (Å²) in [4.78, 5) is 71.9. The predicted molar refractivity (Wildman–Crippen MR) is 312 cm³/mol. The van der Waals surface area contributed by atoms with Gasteiger partial charge in [0.25, 0.3) is 0 Å². The van der Waals surface area contributed by atoms with E-state index in [2.05, 4.69) is 41.5 Å². The van der Waals surface area contributed by atoms with Crippen LogP contribution in [0, 0.1) is 11.8 Å². The van der Waals surface area contributed by atoms with Crippen LogP contribution >= 0.6 is 15.6 Å². The van der Waals surface area contributed by atoms with Crippen LogP contribution in [0.2, 0.25) is 0 Å². The third-order valence-electron chi connectivity index (χ3n) is 13.7. The average molecular weight is 1170 g/mol. The molecule has 0 amide bonds. The number of hydrogen-bond donors (Lipinski definition) is 3. The second-order valence-corrected chi connectivity index (χ2v) is 25.6. The summed E-state index contributed by atoms with van der Waals surface area (Å²) >= 11 is 0. The van der Waals surface area contributed by atoms with Gasteiger partial charge in [0.2, 0.25) is 0 Å². The molecule has 19 heteroatoms. The second-order valence-electron chi connectivity index (χ2n) is 22.7. The van der Waals surface area contributed by atoms with Crippen LogP contribution in [0.5, 0.6) is 0 Å². The normalized spacial score (nSPS) is 14.4. The Hall–Kier alpha value is -1.94. The lowest BCUT2D eigenvalue weighted by Gasteiger charge is -2.21. The summed E-state index contributed by atoms with van der Waals surface area (Å²) in [7, 11) is -9.87. The van der Waals surface area contributed by atoms with Crippen LogP contribution in [-0.4, -0.2) is 96.7 Å². The molecule has 0 bridgehead atoms. The van der Waals surface area contributed by atoms with Crippen LogP contribution in [0.15, 0.2) is 0 Å². The van der Waals surface area contributed by atoms with E-state index in [4.69, 9.17) is 37.0 Å². The van der Waals surface area contributed by atoms with Gasteiger partial charge in [0.15, 0.2) is 12.2 Å². The first-order valence-electron chi connectivity index (χ1n) is 31.5. The van der Waals surface area contributed by atoms with Crippen molar-refractivity contribution < 1.29 is 80.2 Å². The summed E-state index contributed by atoms with van der Waals surface area (Å²) < 4.78 is 67.7. The molecule has 0 saturated heterocycles. The van der Waals surface area contributed by atoms with Crippen LogP contribution in [0.3, 0.4) is 0 Å². The fraction of sp³-hybridized carbons (Fsp3) is 0.933. The zero-order valence-corrected chi connectivity index (χ0v) is 52.4. The zero-order chi connectivity index (χ0) is 58.7. The van der Waals surface area contributed by atoms with E-state index in [1.807, 2.05) is 0 Å². The van der Waals surface area contributed by atoms with Gasteiger partial charge in [-0.3, -0.25) is 37.3 Å². The number of phosphoric ester groups is 2. The smallest absolute Gasteiger partial charge is 0.462 e. The van der Waals surface area contributed by atoms with E-state index in [-0.39, 0.29) is 25.7 Å². The first-order valence-corrected chi connectivity index (χ1v) is 34.5. The lowest BCUT2D eigenvalue weighted by molar-refractivity contribution is -0.161. The summed E-state index contributed by atoms with van der Waals surface area (Å²) in [6.45, 7) is 9.35. The number of hydrogen-bond acceptors (Lipinski definition) is 15. The maximum atomic E-state index is 12.9. The molecule has 2 unspecified atom stereocenters. The Kier molecular flexibility index (Phi) is 51.5. The molecule has 0 radical (unpaired) electrons. The van der Waals surface area contributed by atoms with Crippen molar-refractivity contribution in [2.75, 3.05) is 39.6 Å². The third-order valence-corrected chi connectivity index (χ3v) is 15.6. The van der Waals surface area contributed by atoms with Crippen LogP contribution in [0.1, 0.15) is 292 Å². The van der Waals surface area contributed by atoms with Crippen molar-refractivity contribution in [3.63, 3.8) is 0 Å². The minimum Gasteiger partial charge on any atom is -0.462 e. The highest BCUT2D eigenvalue weighted by molar-refractivity contribution is 7.47. The number of ether oxygens (including phenoxy) is 4. The lowest BCUT2D eigenvalue weighted by atomic mass is 10.0. The Labute approximate surface area is 479 Å². The highest BCUT2D eigenvalue weighted by Crippen LogP contribution is 2.45. The van der Waals surface area contributed by atoms with Gasteiger partial charge in [-0.05, 0) is 37.5 Å². The second kappa shape index (κ2) is 52.8. The Balaban J connectivity index is 5.22. The molecule has 0 aromatic heterocycles. The molecule has 0 saturated carbocycles. The molecule has 0 aliphatic rings. The molecule has 0 aliphatic carbocycles. The molecule has 0 fully saturated rings. The van der Waals surface area contributed by atoms with Gasteiger partial charge in [0.05, 0.1) is 26.4 Å². The number of carbonyl (C=O) groups excluding carboxylic acids is 4. The SMILES string of the molecule is CCCCCCCCCCCC(=O)O[C@H](COC(=O)CCCCCCCCC)COP(=O)(O)OC[C@H](O)COP(=O)(O)OC[C@@H](COC(=O)CCCCCCCCCCC(C)C)OC(=O)CCCCCCCCCCCC(C)C. The van der Waals surface area contributed by atoms with Gasteiger partial charge >= 0.3 is 39.5 Å². The topological polar surface area (TPSA) is 237 Å². The molecule has 3 N–H and O–H groups in total. The van der Waals surface area contributed by atoms with E-state index in [1.54, 1.807) is 0 Å².